The molecule has 29 heavy (non-hydrogen) atoms. The number of hydrogen-bond donors (Lipinski definition) is 2. The van der Waals surface area contributed by atoms with Gasteiger partial charge < -0.3 is 5.32 Å². The average molecular weight is 430 g/mol. The van der Waals surface area contributed by atoms with E-state index in [-0.39, 0.29) is 5.91 Å². The number of benzene rings is 2. The van der Waals surface area contributed by atoms with Crippen LogP contribution in [0.15, 0.2) is 47.8 Å². The summed E-state index contributed by atoms with van der Waals surface area (Å²) in [7, 11) is -3.42. The topological polar surface area (TPSA) is 88.2 Å². The first-order valence-corrected chi connectivity index (χ1v) is 11.8. The first-order chi connectivity index (χ1) is 13.6. The van der Waals surface area contributed by atoms with Gasteiger partial charge in [0.15, 0.2) is 0 Å². The van der Waals surface area contributed by atoms with E-state index in [0.717, 1.165) is 22.4 Å². The number of anilines is 1. The predicted molar refractivity (Wildman–Crippen MR) is 118 cm³/mol. The number of hydrogen-bond acceptors (Lipinski definition) is 5. The second kappa shape index (κ2) is 8.34. The lowest BCUT2D eigenvalue weighted by molar-refractivity contribution is 0.0936. The summed E-state index contributed by atoms with van der Waals surface area (Å²) in [6, 6.07) is 12.7. The second-order valence-electron chi connectivity index (χ2n) is 7.01. The van der Waals surface area contributed by atoms with Crippen molar-refractivity contribution in [2.75, 3.05) is 11.0 Å². The second-order valence-corrected chi connectivity index (χ2v) is 9.62. The van der Waals surface area contributed by atoms with Crippen LogP contribution in [0.2, 0.25) is 0 Å². The smallest absolute Gasteiger partial charge is 0.271 e. The molecule has 1 aromatic heterocycles. The Morgan fingerprint density at radius 2 is 1.86 bits per heavy atom. The molecule has 2 aromatic carbocycles. The van der Waals surface area contributed by atoms with Gasteiger partial charge in [0.05, 0.1) is 18.0 Å². The Balaban J connectivity index is 1.79. The molecule has 3 rings (SSSR count). The van der Waals surface area contributed by atoms with Crippen molar-refractivity contribution in [1.82, 2.24) is 10.3 Å². The van der Waals surface area contributed by atoms with Crippen molar-refractivity contribution >= 4 is 33.0 Å². The minimum absolute atomic E-state index is 0.307. The van der Waals surface area contributed by atoms with E-state index in [4.69, 9.17) is 0 Å². The molecule has 3 aromatic rings. The van der Waals surface area contributed by atoms with E-state index in [2.05, 4.69) is 21.1 Å². The van der Waals surface area contributed by atoms with E-state index in [0.29, 0.717) is 16.9 Å². The maximum absolute atomic E-state index is 12.7. The van der Waals surface area contributed by atoms with Gasteiger partial charge in [-0.2, -0.15) is 0 Å². The summed E-state index contributed by atoms with van der Waals surface area (Å²) in [6.45, 7) is 5.87. The Morgan fingerprint density at radius 1 is 1.14 bits per heavy atom. The normalized spacial score (nSPS) is 12.4. The molecule has 152 valence electrons. The first-order valence-electron chi connectivity index (χ1n) is 9.05. The van der Waals surface area contributed by atoms with Crippen LogP contribution in [0.5, 0.6) is 0 Å². The van der Waals surface area contributed by atoms with Gasteiger partial charge in [0, 0.05) is 10.9 Å². The zero-order valence-corrected chi connectivity index (χ0v) is 18.3. The van der Waals surface area contributed by atoms with E-state index in [1.165, 1.54) is 16.9 Å². The molecule has 0 saturated carbocycles. The van der Waals surface area contributed by atoms with Crippen LogP contribution in [0.1, 0.15) is 40.1 Å². The number of thiazole rings is 1. The minimum Gasteiger partial charge on any atom is -0.344 e. The van der Waals surface area contributed by atoms with Gasteiger partial charge in [-0.3, -0.25) is 9.52 Å². The van der Waals surface area contributed by atoms with Gasteiger partial charge >= 0.3 is 0 Å². The number of aryl methyl sites for hydroxylation is 2. The number of nitrogens with zero attached hydrogens (tertiary/aromatic N) is 1. The van der Waals surface area contributed by atoms with E-state index in [1.807, 2.05) is 26.0 Å². The highest BCUT2D eigenvalue weighted by Crippen LogP contribution is 2.28. The molecule has 1 heterocycles. The maximum Gasteiger partial charge on any atom is 0.271 e. The zero-order valence-electron chi connectivity index (χ0n) is 16.7. The number of rotatable bonds is 6. The van der Waals surface area contributed by atoms with Gasteiger partial charge in [0.2, 0.25) is 10.0 Å². The number of carbonyl (C=O) groups is 1. The van der Waals surface area contributed by atoms with E-state index >= 15 is 0 Å². The molecule has 0 bridgehead atoms. The number of aromatic nitrogens is 1. The molecule has 0 saturated heterocycles. The largest absolute Gasteiger partial charge is 0.344 e. The highest BCUT2D eigenvalue weighted by atomic mass is 32.2. The fraction of sp³-hybridized carbons (Fsp3) is 0.238. The summed E-state index contributed by atoms with van der Waals surface area (Å²) in [5, 5.41) is 5.42. The van der Waals surface area contributed by atoms with Gasteiger partial charge in [0.1, 0.15) is 10.7 Å². The zero-order chi connectivity index (χ0) is 21.2. The SMILES string of the molecule is Cc1ccc(-c2nc(C(=O)NC(C)c3ccccc3NS(C)(=O)=O)cs2)c(C)c1. The summed E-state index contributed by atoms with van der Waals surface area (Å²) in [5.74, 6) is -0.307. The molecule has 6 nitrogen and oxygen atoms in total. The molecule has 0 radical (unpaired) electrons. The van der Waals surface area contributed by atoms with Crippen LogP contribution < -0.4 is 10.0 Å². The van der Waals surface area contributed by atoms with Crippen LogP contribution in [-0.2, 0) is 10.0 Å². The molecular weight excluding hydrogens is 406 g/mol. The van der Waals surface area contributed by atoms with Crippen molar-refractivity contribution in [2.24, 2.45) is 0 Å². The van der Waals surface area contributed by atoms with Crippen molar-refractivity contribution in [3.63, 3.8) is 0 Å². The molecule has 0 aliphatic carbocycles. The summed E-state index contributed by atoms with van der Waals surface area (Å²) < 4.78 is 25.7. The van der Waals surface area contributed by atoms with Crippen LogP contribution in [0.25, 0.3) is 10.6 Å². The molecular formula is C21H23N3O3S2. The summed E-state index contributed by atoms with van der Waals surface area (Å²) in [5.41, 5.74) is 4.75. The molecule has 1 amide bonds. The van der Waals surface area contributed by atoms with Crippen molar-refractivity contribution in [1.29, 1.82) is 0 Å². The molecule has 0 aliphatic rings. The van der Waals surface area contributed by atoms with Gasteiger partial charge in [-0.15, -0.1) is 11.3 Å². The highest BCUT2D eigenvalue weighted by Gasteiger charge is 2.18. The maximum atomic E-state index is 12.7. The quantitative estimate of drug-likeness (QED) is 0.612. The first kappa shape index (κ1) is 21.0. The molecule has 2 N–H and O–H groups in total. The number of para-hydroxylation sites is 1. The van der Waals surface area contributed by atoms with Crippen LogP contribution in [0.3, 0.4) is 0 Å². The Bertz CT molecular complexity index is 1150. The minimum atomic E-state index is -3.42. The summed E-state index contributed by atoms with van der Waals surface area (Å²) in [6.07, 6.45) is 1.09. The lowest BCUT2D eigenvalue weighted by Crippen LogP contribution is -2.27. The van der Waals surface area contributed by atoms with Crippen LogP contribution in [0.4, 0.5) is 5.69 Å². The van der Waals surface area contributed by atoms with Crippen LogP contribution in [0, 0.1) is 13.8 Å². The van der Waals surface area contributed by atoms with Gasteiger partial charge in [-0.05, 0) is 38.0 Å². The van der Waals surface area contributed by atoms with Crippen molar-refractivity contribution in [2.45, 2.75) is 26.8 Å². The number of carbonyl (C=O) groups excluding carboxylic acids is 1. The third kappa shape index (κ3) is 5.21. The lowest BCUT2D eigenvalue weighted by Gasteiger charge is -2.18. The van der Waals surface area contributed by atoms with Crippen molar-refractivity contribution in [3.05, 3.63) is 70.2 Å². The lowest BCUT2D eigenvalue weighted by atomic mass is 10.1. The number of nitrogens with one attached hydrogen (secondary N) is 2. The van der Waals surface area contributed by atoms with Gasteiger partial charge in [0.25, 0.3) is 5.91 Å². The molecule has 0 spiro atoms. The molecule has 1 atom stereocenters. The number of sulfonamides is 1. The number of amides is 1. The van der Waals surface area contributed by atoms with E-state index in [9.17, 15) is 13.2 Å². The molecule has 1 unspecified atom stereocenters. The Kier molecular flexibility index (Phi) is 6.04. The monoisotopic (exact) mass is 429 g/mol. The summed E-state index contributed by atoms with van der Waals surface area (Å²) >= 11 is 1.42. The third-order valence-corrected chi connectivity index (χ3v) is 5.89. The Labute approximate surface area is 175 Å². The van der Waals surface area contributed by atoms with Gasteiger partial charge in [-0.1, -0.05) is 42.0 Å². The summed E-state index contributed by atoms with van der Waals surface area (Å²) in [4.78, 5) is 17.2. The molecule has 0 fully saturated rings. The molecule has 8 heteroatoms. The average Bonchev–Trinajstić information content (AvgIpc) is 3.10. The molecule has 0 aliphatic heterocycles. The van der Waals surface area contributed by atoms with Crippen molar-refractivity contribution in [3.8, 4) is 10.6 Å². The van der Waals surface area contributed by atoms with E-state index < -0.39 is 16.1 Å². The van der Waals surface area contributed by atoms with Gasteiger partial charge in [-0.25, -0.2) is 13.4 Å². The van der Waals surface area contributed by atoms with E-state index in [1.54, 1.807) is 36.6 Å². The third-order valence-electron chi connectivity index (χ3n) is 4.42. The Hall–Kier alpha value is -2.71. The standard InChI is InChI=1S/C21H23N3O3S2/c1-13-9-10-16(14(2)11-13)21-23-19(12-28-21)20(25)22-15(3)17-7-5-6-8-18(17)24-29(4,26)27/h5-12,15,24H,1-4H3,(H,22,25). The highest BCUT2D eigenvalue weighted by molar-refractivity contribution is 7.92. The van der Waals surface area contributed by atoms with Crippen molar-refractivity contribution < 1.29 is 13.2 Å². The van der Waals surface area contributed by atoms with Crippen LogP contribution >= 0.6 is 11.3 Å². The Morgan fingerprint density at radius 3 is 2.55 bits per heavy atom. The van der Waals surface area contributed by atoms with Crippen LogP contribution in [-0.4, -0.2) is 25.6 Å². The fourth-order valence-electron chi connectivity index (χ4n) is 3.07. The predicted octanol–water partition coefficient (Wildman–Crippen LogP) is 4.29. The fourth-order valence-corrected chi connectivity index (χ4v) is 4.55.